The molecule has 0 saturated heterocycles. The second-order valence-corrected chi connectivity index (χ2v) is 7.68. The van der Waals surface area contributed by atoms with Crippen LogP contribution in [0.4, 0.5) is 0 Å². The van der Waals surface area contributed by atoms with Crippen molar-refractivity contribution >= 4 is 17.1 Å². The summed E-state index contributed by atoms with van der Waals surface area (Å²) in [6.45, 7) is 2.25. The number of aryl methyl sites for hydroxylation is 1. The number of benzene rings is 3. The Hall–Kier alpha value is -3.60. The van der Waals surface area contributed by atoms with Gasteiger partial charge in [-0.2, -0.15) is 0 Å². The Bertz CT molecular complexity index is 1200. The number of carbonyl (C=O) groups is 1. The van der Waals surface area contributed by atoms with Crippen molar-refractivity contribution in [1.29, 1.82) is 0 Å². The molecule has 5 heteroatoms. The molecule has 1 N–H and O–H groups in total. The largest absolute Gasteiger partial charge is 0.492 e. The number of carboxylic acids is 1. The quantitative estimate of drug-likeness (QED) is 0.493. The number of oxazole rings is 1. The summed E-state index contributed by atoms with van der Waals surface area (Å²) in [7, 11) is 0. The fourth-order valence-corrected chi connectivity index (χ4v) is 4.04. The molecule has 0 fully saturated rings. The second kappa shape index (κ2) is 7.34. The van der Waals surface area contributed by atoms with Crippen LogP contribution in [-0.2, 0) is 11.2 Å². The molecule has 5 rings (SSSR count). The van der Waals surface area contributed by atoms with Crippen molar-refractivity contribution in [3.05, 3.63) is 71.8 Å². The number of hydrogen-bond acceptors (Lipinski definition) is 4. The predicted octanol–water partition coefficient (Wildman–Crippen LogP) is 5.50. The standard InChI is InChI=1S/C25H21NO4/c1-15-19(16-6-3-2-4-7-16)8-5-9-20(15)24-26-21-12-17-10-11-18(25(27)28)14-29-22(17)13-23(21)30-24/h2-9,12-13,18H,10-11,14H2,1H3,(H,27,28)/t18-/m0/s1. The molecule has 1 aliphatic rings. The van der Waals surface area contributed by atoms with E-state index < -0.39 is 11.9 Å². The number of fused-ring (bicyclic) bond motifs is 2. The van der Waals surface area contributed by atoms with Gasteiger partial charge in [0.1, 0.15) is 17.9 Å². The summed E-state index contributed by atoms with van der Waals surface area (Å²) in [6, 6.07) is 20.2. The van der Waals surface area contributed by atoms with Gasteiger partial charge in [0.15, 0.2) is 5.58 Å². The van der Waals surface area contributed by atoms with E-state index in [1.54, 1.807) is 0 Å². The molecule has 0 bridgehead atoms. The lowest BCUT2D eigenvalue weighted by Gasteiger charge is -2.09. The lowest BCUT2D eigenvalue weighted by atomic mass is 9.96. The molecule has 1 atom stereocenters. The smallest absolute Gasteiger partial charge is 0.309 e. The fraction of sp³-hybridized carbons (Fsp3) is 0.200. The molecule has 0 aliphatic carbocycles. The first-order chi connectivity index (χ1) is 14.6. The normalized spacial score (nSPS) is 16.0. The summed E-state index contributed by atoms with van der Waals surface area (Å²) in [4.78, 5) is 16.0. The van der Waals surface area contributed by atoms with E-state index in [4.69, 9.17) is 14.1 Å². The van der Waals surface area contributed by atoms with E-state index in [9.17, 15) is 9.90 Å². The van der Waals surface area contributed by atoms with Gasteiger partial charge in [0, 0.05) is 11.6 Å². The lowest BCUT2D eigenvalue weighted by molar-refractivity contribution is -0.142. The van der Waals surface area contributed by atoms with Gasteiger partial charge in [-0.25, -0.2) is 4.98 Å². The molecule has 0 amide bonds. The summed E-state index contributed by atoms with van der Waals surface area (Å²) in [6.07, 6.45) is 1.20. The highest BCUT2D eigenvalue weighted by molar-refractivity contribution is 5.82. The Kier molecular flexibility index (Phi) is 4.51. The molecule has 0 spiro atoms. The first-order valence-electron chi connectivity index (χ1n) is 10.0. The highest BCUT2D eigenvalue weighted by atomic mass is 16.5. The van der Waals surface area contributed by atoms with Crippen molar-refractivity contribution in [2.45, 2.75) is 19.8 Å². The second-order valence-electron chi connectivity index (χ2n) is 7.68. The van der Waals surface area contributed by atoms with Crippen molar-refractivity contribution in [3.63, 3.8) is 0 Å². The zero-order valence-electron chi connectivity index (χ0n) is 16.6. The van der Waals surface area contributed by atoms with Crippen LogP contribution in [0, 0.1) is 12.8 Å². The molecule has 2 heterocycles. The average molecular weight is 399 g/mol. The van der Waals surface area contributed by atoms with Crippen LogP contribution in [-0.4, -0.2) is 22.7 Å². The van der Waals surface area contributed by atoms with Gasteiger partial charge in [-0.1, -0.05) is 42.5 Å². The van der Waals surface area contributed by atoms with Gasteiger partial charge in [-0.3, -0.25) is 4.79 Å². The van der Waals surface area contributed by atoms with E-state index >= 15 is 0 Å². The molecular formula is C25H21NO4. The third kappa shape index (κ3) is 3.22. The molecule has 150 valence electrons. The Morgan fingerprint density at radius 3 is 2.67 bits per heavy atom. The number of aromatic nitrogens is 1. The maximum Gasteiger partial charge on any atom is 0.309 e. The van der Waals surface area contributed by atoms with E-state index in [1.807, 2.05) is 42.5 Å². The third-order valence-corrected chi connectivity index (χ3v) is 5.77. The fourth-order valence-electron chi connectivity index (χ4n) is 4.04. The summed E-state index contributed by atoms with van der Waals surface area (Å²) in [5.74, 6) is -0.0520. The third-order valence-electron chi connectivity index (χ3n) is 5.77. The Balaban J connectivity index is 1.54. The first-order valence-corrected chi connectivity index (χ1v) is 10.0. The topological polar surface area (TPSA) is 72.6 Å². The molecule has 30 heavy (non-hydrogen) atoms. The molecule has 0 unspecified atom stereocenters. The molecule has 0 radical (unpaired) electrons. The molecule has 3 aromatic carbocycles. The maximum atomic E-state index is 11.3. The summed E-state index contributed by atoms with van der Waals surface area (Å²) in [5.41, 5.74) is 6.73. The number of rotatable bonds is 3. The van der Waals surface area contributed by atoms with Crippen molar-refractivity contribution in [1.82, 2.24) is 4.98 Å². The monoisotopic (exact) mass is 399 g/mol. The summed E-state index contributed by atoms with van der Waals surface area (Å²) >= 11 is 0. The molecule has 5 nitrogen and oxygen atoms in total. The van der Waals surface area contributed by atoms with E-state index in [1.165, 1.54) is 0 Å². The van der Waals surface area contributed by atoms with Crippen LogP contribution in [0.3, 0.4) is 0 Å². The van der Waals surface area contributed by atoms with E-state index in [0.717, 1.165) is 33.3 Å². The minimum Gasteiger partial charge on any atom is -0.492 e. The number of ether oxygens (including phenoxy) is 1. The van der Waals surface area contributed by atoms with Gasteiger partial charge in [0.25, 0.3) is 0 Å². The van der Waals surface area contributed by atoms with Crippen molar-refractivity contribution in [3.8, 4) is 28.3 Å². The number of nitrogens with zero attached hydrogens (tertiary/aromatic N) is 1. The molecule has 0 saturated carbocycles. The van der Waals surface area contributed by atoms with Crippen molar-refractivity contribution < 1.29 is 19.1 Å². The van der Waals surface area contributed by atoms with Crippen LogP contribution in [0.5, 0.6) is 5.75 Å². The molecular weight excluding hydrogens is 378 g/mol. The van der Waals surface area contributed by atoms with Crippen molar-refractivity contribution in [2.24, 2.45) is 5.92 Å². The van der Waals surface area contributed by atoms with Crippen LogP contribution in [0.25, 0.3) is 33.7 Å². The predicted molar refractivity (Wildman–Crippen MR) is 115 cm³/mol. The van der Waals surface area contributed by atoms with Gasteiger partial charge in [-0.05, 0) is 54.2 Å². The number of carboxylic acid groups (broad SMARTS) is 1. The Morgan fingerprint density at radius 2 is 1.87 bits per heavy atom. The summed E-state index contributed by atoms with van der Waals surface area (Å²) < 4.78 is 11.9. The molecule has 1 aromatic heterocycles. The SMILES string of the molecule is Cc1c(-c2ccccc2)cccc1-c1nc2cc3c(cc2o1)OC[C@@H](C(=O)O)CC3. The minimum atomic E-state index is -0.819. The van der Waals surface area contributed by atoms with Gasteiger partial charge in [-0.15, -0.1) is 0 Å². The zero-order chi connectivity index (χ0) is 20.7. The van der Waals surface area contributed by atoms with E-state index in [-0.39, 0.29) is 6.61 Å². The van der Waals surface area contributed by atoms with Crippen LogP contribution in [0.2, 0.25) is 0 Å². The number of aliphatic carboxylic acids is 1. The minimum absolute atomic E-state index is 0.174. The zero-order valence-corrected chi connectivity index (χ0v) is 16.6. The van der Waals surface area contributed by atoms with Gasteiger partial charge in [0.05, 0.1) is 5.92 Å². The molecule has 1 aliphatic heterocycles. The Morgan fingerprint density at radius 1 is 1.07 bits per heavy atom. The van der Waals surface area contributed by atoms with Crippen LogP contribution >= 0.6 is 0 Å². The van der Waals surface area contributed by atoms with Gasteiger partial charge >= 0.3 is 5.97 Å². The van der Waals surface area contributed by atoms with Crippen molar-refractivity contribution in [2.75, 3.05) is 6.61 Å². The van der Waals surface area contributed by atoms with Crippen LogP contribution < -0.4 is 4.74 Å². The maximum absolute atomic E-state index is 11.3. The summed E-state index contributed by atoms with van der Waals surface area (Å²) in [5, 5.41) is 9.27. The first kappa shape index (κ1) is 18.4. The Labute approximate surface area is 173 Å². The van der Waals surface area contributed by atoms with Crippen LogP contribution in [0.15, 0.2) is 65.1 Å². The lowest BCUT2D eigenvalue weighted by Crippen LogP contribution is -2.20. The highest BCUT2D eigenvalue weighted by Gasteiger charge is 2.24. The highest BCUT2D eigenvalue weighted by Crippen LogP contribution is 2.36. The molecule has 4 aromatic rings. The average Bonchev–Trinajstić information content (AvgIpc) is 3.04. The van der Waals surface area contributed by atoms with E-state index in [0.29, 0.717) is 30.1 Å². The number of hydrogen-bond donors (Lipinski definition) is 1. The van der Waals surface area contributed by atoms with Gasteiger partial charge < -0.3 is 14.3 Å². The van der Waals surface area contributed by atoms with Gasteiger partial charge in [0.2, 0.25) is 5.89 Å². The van der Waals surface area contributed by atoms with E-state index in [2.05, 4.69) is 25.1 Å². The van der Waals surface area contributed by atoms with Crippen LogP contribution in [0.1, 0.15) is 17.5 Å².